The van der Waals surface area contributed by atoms with Crippen LogP contribution in [0.25, 0.3) is 0 Å². The van der Waals surface area contributed by atoms with Gasteiger partial charge < -0.3 is 20.6 Å². The number of amides is 2. The molecule has 0 fully saturated rings. The number of hydrogen-bond donors (Lipinski definition) is 3. The Morgan fingerprint density at radius 1 is 1.26 bits per heavy atom. The van der Waals surface area contributed by atoms with Crippen LogP contribution in [0.1, 0.15) is 41.0 Å². The van der Waals surface area contributed by atoms with E-state index in [0.717, 1.165) is 17.9 Å². The predicted molar refractivity (Wildman–Crippen MR) is 97.1 cm³/mol. The molecule has 3 N–H and O–H groups in total. The van der Waals surface area contributed by atoms with Gasteiger partial charge >= 0.3 is 6.03 Å². The highest BCUT2D eigenvalue weighted by atomic mass is 16.3. The summed E-state index contributed by atoms with van der Waals surface area (Å²) in [5, 5.41) is 14.7. The first kappa shape index (κ1) is 19.3. The lowest BCUT2D eigenvalue weighted by Gasteiger charge is -2.27. The topological polar surface area (TPSA) is 64.6 Å². The molecule has 0 saturated carbocycles. The Balaban J connectivity index is 2.56. The van der Waals surface area contributed by atoms with E-state index in [0.29, 0.717) is 19.0 Å². The van der Waals surface area contributed by atoms with Gasteiger partial charge in [-0.1, -0.05) is 13.8 Å². The van der Waals surface area contributed by atoms with E-state index in [1.807, 2.05) is 38.1 Å². The third-order valence-corrected chi connectivity index (χ3v) is 3.94. The molecule has 0 radical (unpaired) electrons. The lowest BCUT2D eigenvalue weighted by Crippen LogP contribution is -2.37. The van der Waals surface area contributed by atoms with Crippen LogP contribution < -0.4 is 15.5 Å². The average molecular weight is 321 g/mol. The Bertz CT molecular complexity index is 484. The zero-order valence-electron chi connectivity index (χ0n) is 15.0. The first-order valence-electron chi connectivity index (χ1n) is 8.31. The summed E-state index contributed by atoms with van der Waals surface area (Å²) in [6.45, 7) is 12.1. The molecular weight excluding hydrogens is 290 g/mol. The van der Waals surface area contributed by atoms with Crippen LogP contribution in [0.4, 0.5) is 16.2 Å². The molecule has 0 unspecified atom stereocenters. The van der Waals surface area contributed by atoms with Crippen molar-refractivity contribution in [3.63, 3.8) is 0 Å². The summed E-state index contributed by atoms with van der Waals surface area (Å²) in [7, 11) is 0. The van der Waals surface area contributed by atoms with Gasteiger partial charge in [0.05, 0.1) is 0 Å². The van der Waals surface area contributed by atoms with Crippen molar-refractivity contribution in [3.05, 3.63) is 24.3 Å². The van der Waals surface area contributed by atoms with Crippen LogP contribution in [-0.4, -0.2) is 36.9 Å². The number of carbonyl (C=O) groups excluding carboxylic acids is 1. The monoisotopic (exact) mass is 321 g/mol. The van der Waals surface area contributed by atoms with Crippen molar-refractivity contribution in [2.24, 2.45) is 5.41 Å². The SMILES string of the molecule is CCN(c1ccc(NC(=O)NCC(C)(C)CCO)cc1)C(C)C. The van der Waals surface area contributed by atoms with Crippen LogP contribution in [0, 0.1) is 5.41 Å². The van der Waals surface area contributed by atoms with Gasteiger partial charge in [-0.05, 0) is 56.9 Å². The van der Waals surface area contributed by atoms with Crippen molar-refractivity contribution < 1.29 is 9.90 Å². The van der Waals surface area contributed by atoms with Gasteiger partial charge in [0.2, 0.25) is 0 Å². The number of nitrogens with zero attached hydrogens (tertiary/aromatic N) is 1. The van der Waals surface area contributed by atoms with Crippen molar-refractivity contribution in [1.29, 1.82) is 0 Å². The molecule has 5 nitrogen and oxygen atoms in total. The molecule has 1 aromatic carbocycles. The highest BCUT2D eigenvalue weighted by Gasteiger charge is 2.18. The number of anilines is 2. The zero-order chi connectivity index (χ0) is 17.5. The van der Waals surface area contributed by atoms with Crippen LogP contribution in [0.5, 0.6) is 0 Å². The number of nitrogens with one attached hydrogen (secondary N) is 2. The highest BCUT2D eigenvalue weighted by Crippen LogP contribution is 2.20. The van der Waals surface area contributed by atoms with Gasteiger partial charge in [0.15, 0.2) is 0 Å². The van der Waals surface area contributed by atoms with Crippen LogP contribution in [0.3, 0.4) is 0 Å². The molecule has 5 heteroatoms. The molecular formula is C18H31N3O2. The molecule has 2 amide bonds. The summed E-state index contributed by atoms with van der Waals surface area (Å²) in [5.41, 5.74) is 1.80. The van der Waals surface area contributed by atoms with E-state index in [2.05, 4.69) is 36.3 Å². The Morgan fingerprint density at radius 2 is 1.87 bits per heavy atom. The van der Waals surface area contributed by atoms with E-state index in [-0.39, 0.29) is 18.1 Å². The minimum absolute atomic E-state index is 0.116. The quantitative estimate of drug-likeness (QED) is 0.687. The molecule has 0 saturated heterocycles. The molecule has 1 aromatic rings. The first-order chi connectivity index (χ1) is 10.8. The van der Waals surface area contributed by atoms with E-state index in [4.69, 9.17) is 5.11 Å². The second-order valence-electron chi connectivity index (χ2n) is 6.87. The Hall–Kier alpha value is -1.75. The molecule has 0 aromatic heterocycles. The number of rotatable bonds is 8. The van der Waals surface area contributed by atoms with Crippen LogP contribution >= 0.6 is 0 Å². The third kappa shape index (κ3) is 6.48. The fourth-order valence-corrected chi connectivity index (χ4v) is 2.47. The maximum Gasteiger partial charge on any atom is 0.319 e. The van der Waals surface area contributed by atoms with Gasteiger partial charge in [-0.15, -0.1) is 0 Å². The van der Waals surface area contributed by atoms with Gasteiger partial charge in [0.25, 0.3) is 0 Å². The zero-order valence-corrected chi connectivity index (χ0v) is 15.0. The third-order valence-electron chi connectivity index (χ3n) is 3.94. The number of aliphatic hydroxyl groups is 1. The van der Waals surface area contributed by atoms with E-state index < -0.39 is 0 Å². The smallest absolute Gasteiger partial charge is 0.319 e. The van der Waals surface area contributed by atoms with Crippen LogP contribution in [-0.2, 0) is 0 Å². The normalized spacial score (nSPS) is 11.4. The Morgan fingerprint density at radius 3 is 2.35 bits per heavy atom. The molecule has 0 aliphatic carbocycles. The highest BCUT2D eigenvalue weighted by molar-refractivity contribution is 5.89. The molecule has 0 heterocycles. The summed E-state index contributed by atoms with van der Waals surface area (Å²) < 4.78 is 0. The maximum atomic E-state index is 12.0. The number of urea groups is 1. The van der Waals surface area contributed by atoms with E-state index >= 15 is 0 Å². The molecule has 0 bridgehead atoms. The van der Waals surface area contributed by atoms with E-state index in [1.54, 1.807) is 0 Å². The summed E-state index contributed by atoms with van der Waals surface area (Å²) in [4.78, 5) is 14.2. The lowest BCUT2D eigenvalue weighted by atomic mass is 9.90. The second-order valence-corrected chi connectivity index (χ2v) is 6.87. The van der Waals surface area contributed by atoms with Crippen LogP contribution in [0.15, 0.2) is 24.3 Å². The maximum absolute atomic E-state index is 12.0. The average Bonchev–Trinajstić information content (AvgIpc) is 2.47. The number of hydrogen-bond acceptors (Lipinski definition) is 3. The minimum Gasteiger partial charge on any atom is -0.396 e. The molecule has 1 rings (SSSR count). The van der Waals surface area contributed by atoms with Crippen LogP contribution in [0.2, 0.25) is 0 Å². The van der Waals surface area contributed by atoms with Crippen molar-refractivity contribution in [1.82, 2.24) is 5.32 Å². The summed E-state index contributed by atoms with van der Waals surface area (Å²) >= 11 is 0. The van der Waals surface area contributed by atoms with Crippen molar-refractivity contribution in [2.45, 2.75) is 47.1 Å². The molecule has 0 aliphatic rings. The summed E-state index contributed by atoms with van der Waals surface area (Å²) in [5.74, 6) is 0. The minimum atomic E-state index is -0.222. The lowest BCUT2D eigenvalue weighted by molar-refractivity contribution is 0.204. The van der Waals surface area contributed by atoms with Gasteiger partial charge in [-0.3, -0.25) is 0 Å². The van der Waals surface area contributed by atoms with Crippen molar-refractivity contribution in [2.75, 3.05) is 29.9 Å². The fourth-order valence-electron chi connectivity index (χ4n) is 2.47. The number of aliphatic hydroxyl groups excluding tert-OH is 1. The van der Waals surface area contributed by atoms with Gasteiger partial charge in [-0.2, -0.15) is 0 Å². The summed E-state index contributed by atoms with van der Waals surface area (Å²) in [6.07, 6.45) is 0.657. The molecule has 0 aliphatic heterocycles. The number of benzene rings is 1. The molecule has 0 atom stereocenters. The predicted octanol–water partition coefficient (Wildman–Crippen LogP) is 3.45. The Labute approximate surface area is 140 Å². The Kier molecular flexibility index (Phi) is 7.36. The van der Waals surface area contributed by atoms with Crippen molar-refractivity contribution >= 4 is 17.4 Å². The molecule has 0 spiro atoms. The van der Waals surface area contributed by atoms with Crippen molar-refractivity contribution in [3.8, 4) is 0 Å². The first-order valence-corrected chi connectivity index (χ1v) is 8.31. The van der Waals surface area contributed by atoms with E-state index in [1.165, 1.54) is 0 Å². The fraction of sp³-hybridized carbons (Fsp3) is 0.611. The van der Waals surface area contributed by atoms with Gasteiger partial charge in [0.1, 0.15) is 0 Å². The van der Waals surface area contributed by atoms with Gasteiger partial charge in [-0.25, -0.2) is 4.79 Å². The molecule has 130 valence electrons. The largest absolute Gasteiger partial charge is 0.396 e. The van der Waals surface area contributed by atoms with E-state index in [9.17, 15) is 4.79 Å². The van der Waals surface area contributed by atoms with Gasteiger partial charge in [0, 0.05) is 37.1 Å². The number of carbonyl (C=O) groups is 1. The second kappa shape index (κ2) is 8.77. The standard InChI is InChI=1S/C18H31N3O2/c1-6-21(14(2)3)16-9-7-15(8-10-16)20-17(23)19-13-18(4,5)11-12-22/h7-10,14,22H,6,11-13H2,1-5H3,(H2,19,20,23). The summed E-state index contributed by atoms with van der Waals surface area (Å²) in [6, 6.07) is 8.09. The molecule has 23 heavy (non-hydrogen) atoms.